The van der Waals surface area contributed by atoms with Crippen LogP contribution in [0, 0.1) is 0 Å². The fourth-order valence-electron chi connectivity index (χ4n) is 2.98. The van der Waals surface area contributed by atoms with Gasteiger partial charge in [-0.3, -0.25) is 4.79 Å². The summed E-state index contributed by atoms with van der Waals surface area (Å²) in [6, 6.07) is 20.3. The van der Waals surface area contributed by atoms with Gasteiger partial charge in [0, 0.05) is 10.6 Å². The van der Waals surface area contributed by atoms with Crippen molar-refractivity contribution in [2.45, 2.75) is 11.8 Å². The molecule has 0 aliphatic carbocycles. The Morgan fingerprint density at radius 3 is 2.85 bits per heavy atom. The number of fused-ring (bicyclic) bond motifs is 1. The van der Waals surface area contributed by atoms with Gasteiger partial charge in [-0.25, -0.2) is 10.4 Å². The Hall–Kier alpha value is -3.49. The lowest BCUT2D eigenvalue weighted by Gasteiger charge is -2.13. The average molecular weight is 482 g/mol. The summed E-state index contributed by atoms with van der Waals surface area (Å²) >= 11 is 7.24. The number of rotatable bonds is 9. The van der Waals surface area contributed by atoms with Crippen molar-refractivity contribution in [1.82, 2.24) is 10.4 Å². The maximum Gasteiger partial charge on any atom is 0.257 e. The van der Waals surface area contributed by atoms with Gasteiger partial charge in [-0.15, -0.1) is 0 Å². The van der Waals surface area contributed by atoms with E-state index in [-0.39, 0.29) is 11.7 Å². The van der Waals surface area contributed by atoms with E-state index in [9.17, 15) is 4.79 Å². The minimum atomic E-state index is -0.289. The van der Waals surface area contributed by atoms with E-state index in [0.29, 0.717) is 39.5 Å². The smallest absolute Gasteiger partial charge is 0.257 e. The van der Waals surface area contributed by atoms with E-state index in [0.717, 1.165) is 11.1 Å². The SMILES string of the molecule is COc1cccc(/C=N\NC(=O)CSc2nc3ccccc3o2)c1OCc1cccc(Cl)c1. The Morgan fingerprint density at radius 2 is 2.03 bits per heavy atom. The molecular weight excluding hydrogens is 462 g/mol. The highest BCUT2D eigenvalue weighted by molar-refractivity contribution is 7.99. The van der Waals surface area contributed by atoms with Gasteiger partial charge >= 0.3 is 0 Å². The van der Waals surface area contributed by atoms with Gasteiger partial charge in [-0.05, 0) is 42.0 Å². The predicted octanol–water partition coefficient (Wildman–Crippen LogP) is 5.31. The zero-order chi connectivity index (χ0) is 23.0. The third-order valence-corrected chi connectivity index (χ3v) is 5.56. The van der Waals surface area contributed by atoms with Crippen molar-refractivity contribution in [3.63, 3.8) is 0 Å². The van der Waals surface area contributed by atoms with Crippen LogP contribution in [0.4, 0.5) is 0 Å². The summed E-state index contributed by atoms with van der Waals surface area (Å²) in [5, 5.41) is 5.12. The number of benzene rings is 3. The first kappa shape index (κ1) is 22.7. The van der Waals surface area contributed by atoms with Gasteiger partial charge in [-0.1, -0.05) is 53.7 Å². The fraction of sp³-hybridized carbons (Fsp3) is 0.125. The molecule has 3 aromatic carbocycles. The number of para-hydroxylation sites is 3. The van der Waals surface area contributed by atoms with Crippen molar-refractivity contribution in [2.24, 2.45) is 5.10 Å². The highest BCUT2D eigenvalue weighted by Gasteiger charge is 2.11. The van der Waals surface area contributed by atoms with Crippen LogP contribution in [-0.2, 0) is 11.4 Å². The molecule has 0 saturated heterocycles. The molecule has 4 aromatic rings. The minimum absolute atomic E-state index is 0.112. The maximum absolute atomic E-state index is 12.2. The van der Waals surface area contributed by atoms with Crippen molar-refractivity contribution in [3.05, 3.63) is 82.9 Å². The average Bonchev–Trinajstić information content (AvgIpc) is 3.25. The number of aromatic nitrogens is 1. The minimum Gasteiger partial charge on any atom is -0.493 e. The molecule has 0 aliphatic heterocycles. The normalized spacial score (nSPS) is 11.1. The molecular formula is C24H20ClN3O4S. The monoisotopic (exact) mass is 481 g/mol. The van der Waals surface area contributed by atoms with Crippen LogP contribution >= 0.6 is 23.4 Å². The first-order chi connectivity index (χ1) is 16.1. The maximum atomic E-state index is 12.2. The summed E-state index contributed by atoms with van der Waals surface area (Å²) in [6.45, 7) is 0.301. The Morgan fingerprint density at radius 1 is 1.18 bits per heavy atom. The molecule has 0 unspecified atom stereocenters. The van der Waals surface area contributed by atoms with E-state index in [1.54, 1.807) is 19.2 Å². The highest BCUT2D eigenvalue weighted by atomic mass is 35.5. The number of hydrogen-bond donors (Lipinski definition) is 1. The summed E-state index contributed by atoms with van der Waals surface area (Å²) in [5.41, 5.74) is 5.51. The van der Waals surface area contributed by atoms with Crippen molar-refractivity contribution < 1.29 is 18.7 Å². The van der Waals surface area contributed by atoms with Crippen LogP contribution in [0.15, 0.2) is 81.5 Å². The topological polar surface area (TPSA) is 86.0 Å². The summed E-state index contributed by atoms with van der Waals surface area (Å²) in [4.78, 5) is 16.5. The molecule has 168 valence electrons. The Kier molecular flexibility index (Phi) is 7.49. The Bertz CT molecular complexity index is 1260. The molecule has 0 radical (unpaired) electrons. The van der Waals surface area contributed by atoms with E-state index in [4.69, 9.17) is 25.5 Å². The lowest BCUT2D eigenvalue weighted by atomic mass is 10.2. The second-order valence-electron chi connectivity index (χ2n) is 6.83. The molecule has 1 heterocycles. The molecule has 9 heteroatoms. The Balaban J connectivity index is 1.37. The van der Waals surface area contributed by atoms with Crippen molar-refractivity contribution in [2.75, 3.05) is 12.9 Å². The summed E-state index contributed by atoms with van der Waals surface area (Å²) in [7, 11) is 1.56. The second-order valence-corrected chi connectivity index (χ2v) is 8.19. The van der Waals surface area contributed by atoms with Crippen LogP contribution in [-0.4, -0.2) is 30.0 Å². The number of carbonyl (C=O) groups excluding carboxylic acids is 1. The Labute approximate surface area is 199 Å². The van der Waals surface area contributed by atoms with E-state index >= 15 is 0 Å². The first-order valence-corrected chi connectivity index (χ1v) is 11.3. The predicted molar refractivity (Wildman–Crippen MR) is 129 cm³/mol. The number of oxazole rings is 1. The first-order valence-electron chi connectivity index (χ1n) is 9.97. The largest absolute Gasteiger partial charge is 0.493 e. The number of amides is 1. The van der Waals surface area contributed by atoms with E-state index in [1.807, 2.05) is 54.6 Å². The number of hydrazone groups is 1. The van der Waals surface area contributed by atoms with Crippen LogP contribution < -0.4 is 14.9 Å². The van der Waals surface area contributed by atoms with E-state index < -0.39 is 0 Å². The van der Waals surface area contributed by atoms with Crippen LogP contribution in [0.3, 0.4) is 0 Å². The molecule has 4 rings (SSSR count). The van der Waals surface area contributed by atoms with Crippen molar-refractivity contribution >= 4 is 46.6 Å². The summed E-state index contributed by atoms with van der Waals surface area (Å²) in [6.07, 6.45) is 1.51. The number of thioether (sulfide) groups is 1. The van der Waals surface area contributed by atoms with Gasteiger partial charge in [0.05, 0.1) is 19.1 Å². The number of methoxy groups -OCH3 is 1. The molecule has 1 aromatic heterocycles. The zero-order valence-electron chi connectivity index (χ0n) is 17.7. The summed E-state index contributed by atoms with van der Waals surface area (Å²) in [5.74, 6) is 0.890. The van der Waals surface area contributed by atoms with Gasteiger partial charge in [0.25, 0.3) is 11.1 Å². The van der Waals surface area contributed by atoms with Crippen LogP contribution in [0.1, 0.15) is 11.1 Å². The molecule has 1 N–H and O–H groups in total. The van der Waals surface area contributed by atoms with Crippen LogP contribution in [0.5, 0.6) is 11.5 Å². The molecule has 0 spiro atoms. The number of nitrogens with zero attached hydrogens (tertiary/aromatic N) is 2. The van der Waals surface area contributed by atoms with Gasteiger partial charge < -0.3 is 13.9 Å². The molecule has 0 saturated carbocycles. The van der Waals surface area contributed by atoms with Gasteiger partial charge in [0.1, 0.15) is 12.1 Å². The molecule has 0 fully saturated rings. The number of halogens is 1. The molecule has 0 atom stereocenters. The zero-order valence-corrected chi connectivity index (χ0v) is 19.2. The molecule has 7 nitrogen and oxygen atoms in total. The van der Waals surface area contributed by atoms with Crippen LogP contribution in [0.2, 0.25) is 5.02 Å². The summed E-state index contributed by atoms with van der Waals surface area (Å²) < 4.78 is 17.0. The van der Waals surface area contributed by atoms with Crippen LogP contribution in [0.25, 0.3) is 11.1 Å². The quantitative estimate of drug-likeness (QED) is 0.198. The molecule has 0 aliphatic rings. The fourth-order valence-corrected chi connectivity index (χ4v) is 3.82. The van der Waals surface area contributed by atoms with Gasteiger partial charge in [0.15, 0.2) is 17.1 Å². The highest BCUT2D eigenvalue weighted by Crippen LogP contribution is 2.31. The number of nitrogens with one attached hydrogen (secondary N) is 1. The van der Waals surface area contributed by atoms with E-state index in [2.05, 4.69) is 15.5 Å². The molecule has 0 bridgehead atoms. The molecule has 1 amide bonds. The lowest BCUT2D eigenvalue weighted by molar-refractivity contribution is -0.118. The second kappa shape index (κ2) is 10.9. The van der Waals surface area contributed by atoms with Crippen molar-refractivity contribution in [3.8, 4) is 11.5 Å². The van der Waals surface area contributed by atoms with E-state index in [1.165, 1.54) is 18.0 Å². The van der Waals surface area contributed by atoms with Gasteiger partial charge in [-0.2, -0.15) is 5.10 Å². The molecule has 33 heavy (non-hydrogen) atoms. The van der Waals surface area contributed by atoms with Crippen molar-refractivity contribution in [1.29, 1.82) is 0 Å². The lowest BCUT2D eigenvalue weighted by Crippen LogP contribution is -2.19. The number of hydrogen-bond acceptors (Lipinski definition) is 7. The standard InChI is InChI=1S/C24H20ClN3O4S/c1-30-21-11-5-7-17(23(21)31-14-16-6-4-8-18(25)12-16)13-26-28-22(29)15-33-24-27-19-9-2-3-10-20(19)32-24/h2-13H,14-15H2,1H3,(H,28,29)/b26-13-. The third-order valence-electron chi connectivity index (χ3n) is 4.50. The third kappa shape index (κ3) is 6.06. The number of ether oxygens (including phenoxy) is 2. The number of carbonyl (C=O) groups is 1. The van der Waals surface area contributed by atoms with Gasteiger partial charge in [0.2, 0.25) is 0 Å².